The Balaban J connectivity index is 1.60. The van der Waals surface area contributed by atoms with Gasteiger partial charge in [-0.1, -0.05) is 11.6 Å². The minimum Gasteiger partial charge on any atom is -0.390 e. The van der Waals surface area contributed by atoms with E-state index in [9.17, 15) is 4.79 Å². The van der Waals surface area contributed by atoms with Crippen LogP contribution in [0.2, 0.25) is 0 Å². The highest BCUT2D eigenvalue weighted by molar-refractivity contribution is 6.30. The zero-order valence-electron chi connectivity index (χ0n) is 16.2. The lowest BCUT2D eigenvalue weighted by atomic mass is 9.84. The van der Waals surface area contributed by atoms with Crippen LogP contribution in [0.4, 0.5) is 4.79 Å². The van der Waals surface area contributed by atoms with E-state index in [1.165, 1.54) is 11.1 Å². The molecule has 0 unspecified atom stereocenters. The lowest BCUT2D eigenvalue weighted by molar-refractivity contribution is 0.139. The third kappa shape index (κ3) is 3.46. The Kier molecular flexibility index (Phi) is 4.87. The van der Waals surface area contributed by atoms with Crippen LogP contribution in [-0.2, 0) is 6.42 Å². The molecule has 0 bridgehead atoms. The Bertz CT molecular complexity index is 1000. The molecule has 3 aliphatic rings. The monoisotopic (exact) mass is 410 g/mol. The number of rotatable bonds is 2. The molecule has 0 saturated carbocycles. The van der Waals surface area contributed by atoms with Gasteiger partial charge in [-0.25, -0.2) is 4.79 Å². The molecule has 0 atom stereocenters. The Morgan fingerprint density at radius 2 is 1.83 bits per heavy atom. The van der Waals surface area contributed by atoms with Gasteiger partial charge in [-0.05, 0) is 74.3 Å². The lowest BCUT2D eigenvalue weighted by Crippen LogP contribution is -2.38. The van der Waals surface area contributed by atoms with Crippen molar-refractivity contribution in [1.82, 2.24) is 19.7 Å². The number of allylic oxidation sites excluding steroid dienone is 4. The summed E-state index contributed by atoms with van der Waals surface area (Å²) in [5.74, 6) is 0.514. The average Bonchev–Trinajstić information content (AvgIpc) is 3.13. The summed E-state index contributed by atoms with van der Waals surface area (Å²) in [5.41, 5.74) is 5.22. The quantitative estimate of drug-likeness (QED) is 0.708. The molecule has 1 amide bonds. The average molecular weight is 411 g/mol. The molecule has 0 aromatic carbocycles. The van der Waals surface area contributed by atoms with Gasteiger partial charge in [0.15, 0.2) is 0 Å². The van der Waals surface area contributed by atoms with E-state index in [1.54, 1.807) is 22.0 Å². The van der Waals surface area contributed by atoms with Crippen molar-refractivity contribution in [1.29, 1.82) is 0 Å². The maximum absolute atomic E-state index is 12.9. The van der Waals surface area contributed by atoms with Gasteiger partial charge in [-0.2, -0.15) is 9.78 Å². The second-order valence-corrected chi connectivity index (χ2v) is 8.24. The van der Waals surface area contributed by atoms with Gasteiger partial charge in [0.2, 0.25) is 5.88 Å². The molecule has 2 aromatic heterocycles. The topological polar surface area (TPSA) is 60.2 Å². The summed E-state index contributed by atoms with van der Waals surface area (Å²) in [6.45, 7) is 1.49. The van der Waals surface area contributed by atoms with Crippen LogP contribution in [0.25, 0.3) is 11.3 Å². The number of amides is 1. The molecule has 1 fully saturated rings. The number of ether oxygens (including phenoxy) is 1. The Morgan fingerprint density at radius 3 is 2.62 bits per heavy atom. The number of fused-ring (bicyclic) bond motifs is 2. The molecule has 0 spiro atoms. The van der Waals surface area contributed by atoms with Gasteiger partial charge in [-0.3, -0.25) is 4.98 Å². The molecule has 2 aliphatic carbocycles. The van der Waals surface area contributed by atoms with Crippen molar-refractivity contribution in [3.05, 3.63) is 52.5 Å². The minimum atomic E-state index is -0.292. The molecule has 3 heterocycles. The molecular weight excluding hydrogens is 388 g/mol. The maximum atomic E-state index is 12.9. The van der Waals surface area contributed by atoms with Crippen LogP contribution in [0.15, 0.2) is 41.2 Å². The Morgan fingerprint density at radius 1 is 1.03 bits per heavy atom. The number of hydrogen-bond donors (Lipinski definition) is 0. The first kappa shape index (κ1) is 18.4. The highest BCUT2D eigenvalue weighted by atomic mass is 35.5. The first-order chi connectivity index (χ1) is 14.2. The zero-order chi connectivity index (χ0) is 19.8. The zero-order valence-corrected chi connectivity index (χ0v) is 17.0. The van der Waals surface area contributed by atoms with Crippen LogP contribution in [-0.4, -0.2) is 38.8 Å². The smallest absolute Gasteiger partial charge is 0.390 e. The number of piperidine rings is 1. The third-order valence-electron chi connectivity index (χ3n) is 5.89. The number of likely N-dealkylation sites (tertiary alicyclic amines) is 1. The van der Waals surface area contributed by atoms with Crippen LogP contribution in [0.1, 0.15) is 49.8 Å². The van der Waals surface area contributed by atoms with Gasteiger partial charge in [0.25, 0.3) is 0 Å². The van der Waals surface area contributed by atoms with Gasteiger partial charge in [0.1, 0.15) is 0 Å². The molecular formula is C22H23ClN4O2. The fourth-order valence-electron chi connectivity index (χ4n) is 4.42. The van der Waals surface area contributed by atoms with Crippen molar-refractivity contribution in [3.8, 4) is 11.6 Å². The second-order valence-electron chi connectivity index (χ2n) is 7.75. The first-order valence-electron chi connectivity index (χ1n) is 10.3. The SMILES string of the molecule is O=C(Oc1c2c(nn1-c1ccncc1)CCC1=C2CCC(Cl)=C1)N1CCCCC1. The van der Waals surface area contributed by atoms with Crippen LogP contribution in [0.5, 0.6) is 5.88 Å². The molecule has 0 N–H and O–H groups in total. The predicted molar refractivity (Wildman–Crippen MR) is 111 cm³/mol. The van der Waals surface area contributed by atoms with E-state index in [0.717, 1.165) is 80.0 Å². The standard InChI is InChI=1S/C22H23ClN4O2/c23-16-5-6-18-15(14-16)4-7-19-20(18)21(27(25-19)17-8-10-24-11-9-17)29-22(28)26-12-2-1-3-13-26/h8-11,14H,1-7,12-13H2. The van der Waals surface area contributed by atoms with Gasteiger partial charge in [0, 0.05) is 30.5 Å². The summed E-state index contributed by atoms with van der Waals surface area (Å²) in [6, 6.07) is 3.76. The third-order valence-corrected chi connectivity index (χ3v) is 6.18. The summed E-state index contributed by atoms with van der Waals surface area (Å²) < 4.78 is 7.79. The van der Waals surface area contributed by atoms with Gasteiger partial charge in [-0.15, -0.1) is 0 Å². The number of aryl methyl sites for hydroxylation is 1. The van der Waals surface area contributed by atoms with Crippen LogP contribution in [0, 0.1) is 0 Å². The van der Waals surface area contributed by atoms with Crippen molar-refractivity contribution in [2.45, 2.75) is 44.9 Å². The number of carbonyl (C=O) groups excluding carboxylic acids is 1. The van der Waals surface area contributed by atoms with E-state index < -0.39 is 0 Å². The molecule has 1 aliphatic heterocycles. The fourth-order valence-corrected chi connectivity index (χ4v) is 4.64. The van der Waals surface area contributed by atoms with Crippen LogP contribution >= 0.6 is 11.6 Å². The van der Waals surface area contributed by atoms with Gasteiger partial charge >= 0.3 is 6.09 Å². The summed E-state index contributed by atoms with van der Waals surface area (Å²) in [4.78, 5) is 18.9. The Hall–Kier alpha value is -2.60. The van der Waals surface area contributed by atoms with E-state index in [1.807, 2.05) is 12.1 Å². The normalized spacial score (nSPS) is 18.8. The van der Waals surface area contributed by atoms with Crippen molar-refractivity contribution in [3.63, 3.8) is 0 Å². The van der Waals surface area contributed by atoms with Crippen molar-refractivity contribution >= 4 is 23.3 Å². The highest BCUT2D eigenvalue weighted by Crippen LogP contribution is 2.44. The summed E-state index contributed by atoms with van der Waals surface area (Å²) in [6.07, 6.45) is 11.8. The highest BCUT2D eigenvalue weighted by Gasteiger charge is 2.32. The molecule has 0 radical (unpaired) electrons. The Labute approximate surface area is 174 Å². The largest absolute Gasteiger partial charge is 0.416 e. The van der Waals surface area contributed by atoms with Crippen LogP contribution in [0.3, 0.4) is 0 Å². The lowest BCUT2D eigenvalue weighted by Gasteiger charge is -2.27. The minimum absolute atomic E-state index is 0.292. The van der Waals surface area contributed by atoms with E-state index in [-0.39, 0.29) is 6.09 Å². The van der Waals surface area contributed by atoms with Gasteiger partial charge < -0.3 is 9.64 Å². The number of halogens is 1. The predicted octanol–water partition coefficient (Wildman–Crippen LogP) is 4.87. The molecule has 1 saturated heterocycles. The van der Waals surface area contributed by atoms with E-state index in [0.29, 0.717) is 5.88 Å². The summed E-state index contributed by atoms with van der Waals surface area (Å²) >= 11 is 6.30. The molecule has 7 heteroatoms. The van der Waals surface area contributed by atoms with Crippen molar-refractivity contribution in [2.75, 3.05) is 13.1 Å². The molecule has 29 heavy (non-hydrogen) atoms. The number of pyridine rings is 1. The maximum Gasteiger partial charge on any atom is 0.416 e. The number of hydrogen-bond acceptors (Lipinski definition) is 4. The second kappa shape index (κ2) is 7.67. The summed E-state index contributed by atoms with van der Waals surface area (Å²) in [5, 5.41) is 5.72. The summed E-state index contributed by atoms with van der Waals surface area (Å²) in [7, 11) is 0. The molecule has 5 rings (SSSR count). The fraction of sp³-hybridized carbons (Fsp3) is 0.409. The van der Waals surface area contributed by atoms with E-state index in [4.69, 9.17) is 21.4 Å². The molecule has 2 aromatic rings. The number of aromatic nitrogens is 3. The molecule has 150 valence electrons. The molecule has 6 nitrogen and oxygen atoms in total. The number of nitrogens with zero attached hydrogens (tertiary/aromatic N) is 4. The van der Waals surface area contributed by atoms with Crippen molar-refractivity contribution < 1.29 is 9.53 Å². The van der Waals surface area contributed by atoms with E-state index >= 15 is 0 Å². The van der Waals surface area contributed by atoms with Gasteiger partial charge in [0.05, 0.1) is 16.9 Å². The first-order valence-corrected chi connectivity index (χ1v) is 10.7. The van der Waals surface area contributed by atoms with E-state index in [2.05, 4.69) is 11.1 Å². The number of carbonyl (C=O) groups is 1. The van der Waals surface area contributed by atoms with Crippen LogP contribution < -0.4 is 4.74 Å². The van der Waals surface area contributed by atoms with Crippen molar-refractivity contribution in [2.24, 2.45) is 0 Å².